The molecule has 0 heterocycles. The van der Waals surface area contributed by atoms with Crippen molar-refractivity contribution in [1.82, 2.24) is 0 Å². The van der Waals surface area contributed by atoms with E-state index in [-0.39, 0.29) is 12.8 Å². The summed E-state index contributed by atoms with van der Waals surface area (Å²) in [6.07, 6.45) is 34.3. The maximum Gasteiger partial charge on any atom is 0.472 e. The summed E-state index contributed by atoms with van der Waals surface area (Å²) in [5, 5.41) is 19.0. The highest BCUT2D eigenvalue weighted by molar-refractivity contribution is 7.47. The molecule has 0 amide bonds. The minimum absolute atomic E-state index is 0.181. The summed E-state index contributed by atoms with van der Waals surface area (Å²) >= 11 is 0. The van der Waals surface area contributed by atoms with E-state index in [0.29, 0.717) is 12.8 Å². The molecule has 3 atom stereocenters. The average Bonchev–Trinajstić information content (AvgIpc) is 3.09. The van der Waals surface area contributed by atoms with Gasteiger partial charge in [-0.1, -0.05) is 127 Å². The molecule has 0 aromatic rings. The SMILES string of the molecule is CC/C=C\C/C=C\C/C=C\C/C=C\CCCCCCCCCCC(=O)OC(CO)COP(=O)(O)OCC(CO)OC(=O)CCCCCCC. The lowest BCUT2D eigenvalue weighted by Gasteiger charge is -2.20. The van der Waals surface area contributed by atoms with Gasteiger partial charge in [-0.3, -0.25) is 18.6 Å². The maximum absolute atomic E-state index is 12.2. The number of ether oxygens (including phenoxy) is 2. The number of phosphoric ester groups is 1. The van der Waals surface area contributed by atoms with Crippen molar-refractivity contribution in [2.75, 3.05) is 26.4 Å². The Morgan fingerprint density at radius 2 is 0.959 bits per heavy atom. The van der Waals surface area contributed by atoms with Gasteiger partial charge in [0.15, 0.2) is 0 Å². The molecule has 0 saturated heterocycles. The normalized spacial score (nSPS) is 14.6. The van der Waals surface area contributed by atoms with Gasteiger partial charge in [-0.05, 0) is 51.4 Å². The molecule has 3 unspecified atom stereocenters. The zero-order chi connectivity index (χ0) is 36.3. The van der Waals surface area contributed by atoms with E-state index in [0.717, 1.165) is 77.0 Å². The Kier molecular flexibility index (Phi) is 32.9. The lowest BCUT2D eigenvalue weighted by Crippen LogP contribution is -2.28. The van der Waals surface area contributed by atoms with Crippen LogP contribution in [0.1, 0.15) is 142 Å². The smallest absolute Gasteiger partial charge is 0.457 e. The van der Waals surface area contributed by atoms with Gasteiger partial charge in [-0.2, -0.15) is 0 Å². The second-order valence-electron chi connectivity index (χ2n) is 12.2. The third-order valence-electron chi connectivity index (χ3n) is 7.56. The first-order chi connectivity index (χ1) is 23.8. The van der Waals surface area contributed by atoms with Crippen molar-refractivity contribution in [2.45, 2.75) is 154 Å². The Hall–Kier alpha value is -2.07. The van der Waals surface area contributed by atoms with Crippen molar-refractivity contribution in [3.8, 4) is 0 Å². The van der Waals surface area contributed by atoms with Crippen LogP contribution in [0.5, 0.6) is 0 Å². The molecular formula is C38H67O10P. The van der Waals surface area contributed by atoms with Crippen molar-refractivity contribution in [3.63, 3.8) is 0 Å². The maximum atomic E-state index is 12.2. The molecule has 49 heavy (non-hydrogen) atoms. The quantitative estimate of drug-likeness (QED) is 0.0255. The van der Waals surface area contributed by atoms with Gasteiger partial charge < -0.3 is 24.6 Å². The predicted octanol–water partition coefficient (Wildman–Crippen LogP) is 8.99. The molecule has 0 rings (SSSR count). The molecule has 10 nitrogen and oxygen atoms in total. The molecule has 3 N–H and O–H groups in total. The first kappa shape index (κ1) is 46.9. The van der Waals surface area contributed by atoms with Crippen LogP contribution in [0.2, 0.25) is 0 Å². The third kappa shape index (κ3) is 32.9. The minimum atomic E-state index is -4.62. The number of carbonyl (C=O) groups is 2. The molecule has 0 saturated carbocycles. The van der Waals surface area contributed by atoms with Crippen molar-refractivity contribution >= 4 is 19.8 Å². The molecule has 0 fully saturated rings. The van der Waals surface area contributed by atoms with E-state index < -0.39 is 58.4 Å². The van der Waals surface area contributed by atoms with Crippen LogP contribution in [0, 0.1) is 0 Å². The van der Waals surface area contributed by atoms with E-state index in [1.54, 1.807) is 0 Å². The van der Waals surface area contributed by atoms with Gasteiger partial charge in [0.25, 0.3) is 0 Å². The molecule has 11 heteroatoms. The van der Waals surface area contributed by atoms with Crippen LogP contribution >= 0.6 is 7.82 Å². The summed E-state index contributed by atoms with van der Waals surface area (Å²) in [6, 6.07) is 0. The highest BCUT2D eigenvalue weighted by Gasteiger charge is 2.27. The van der Waals surface area contributed by atoms with E-state index in [2.05, 4.69) is 62.5 Å². The van der Waals surface area contributed by atoms with Gasteiger partial charge in [-0.15, -0.1) is 0 Å². The van der Waals surface area contributed by atoms with Crippen LogP contribution in [0.15, 0.2) is 48.6 Å². The van der Waals surface area contributed by atoms with Gasteiger partial charge in [0, 0.05) is 12.8 Å². The Bertz CT molecular complexity index is 962. The van der Waals surface area contributed by atoms with E-state index in [1.165, 1.54) is 25.7 Å². The molecular weight excluding hydrogens is 647 g/mol. The van der Waals surface area contributed by atoms with Crippen molar-refractivity contribution in [1.29, 1.82) is 0 Å². The highest BCUT2D eigenvalue weighted by atomic mass is 31.2. The van der Waals surface area contributed by atoms with Crippen LogP contribution in [0.4, 0.5) is 0 Å². The Balaban J connectivity index is 3.90. The van der Waals surface area contributed by atoms with E-state index in [4.69, 9.17) is 18.5 Å². The van der Waals surface area contributed by atoms with Crippen molar-refractivity contribution in [2.24, 2.45) is 0 Å². The van der Waals surface area contributed by atoms with Gasteiger partial charge in [0.1, 0.15) is 12.2 Å². The zero-order valence-electron chi connectivity index (χ0n) is 30.4. The van der Waals surface area contributed by atoms with Gasteiger partial charge in [-0.25, -0.2) is 4.57 Å². The summed E-state index contributed by atoms with van der Waals surface area (Å²) in [6.45, 7) is 1.95. The predicted molar refractivity (Wildman–Crippen MR) is 196 cm³/mol. The van der Waals surface area contributed by atoms with E-state index in [9.17, 15) is 29.3 Å². The number of rotatable bonds is 34. The van der Waals surface area contributed by atoms with Crippen LogP contribution in [-0.2, 0) is 32.7 Å². The fourth-order valence-electron chi connectivity index (χ4n) is 4.69. The monoisotopic (exact) mass is 714 g/mol. The highest BCUT2D eigenvalue weighted by Crippen LogP contribution is 2.43. The largest absolute Gasteiger partial charge is 0.472 e. The number of hydrogen-bond acceptors (Lipinski definition) is 9. The molecule has 0 bridgehead atoms. The molecule has 0 aliphatic heterocycles. The summed E-state index contributed by atoms with van der Waals surface area (Å²) in [4.78, 5) is 34.1. The molecule has 284 valence electrons. The van der Waals surface area contributed by atoms with E-state index >= 15 is 0 Å². The molecule has 0 aromatic heterocycles. The number of esters is 2. The number of carbonyl (C=O) groups excluding carboxylic acids is 2. The average molecular weight is 715 g/mol. The lowest BCUT2D eigenvalue weighted by atomic mass is 10.1. The van der Waals surface area contributed by atoms with Gasteiger partial charge in [0.05, 0.1) is 26.4 Å². The number of aliphatic hydroxyl groups excluding tert-OH is 2. The molecule has 0 spiro atoms. The number of hydrogen-bond donors (Lipinski definition) is 3. The molecule has 0 radical (unpaired) electrons. The molecule has 0 aliphatic rings. The summed E-state index contributed by atoms with van der Waals surface area (Å²) in [5.74, 6) is -1.04. The Morgan fingerprint density at radius 3 is 1.39 bits per heavy atom. The lowest BCUT2D eigenvalue weighted by molar-refractivity contribution is -0.153. The number of allylic oxidation sites excluding steroid dienone is 8. The fourth-order valence-corrected chi connectivity index (χ4v) is 5.48. The second kappa shape index (κ2) is 34.4. The second-order valence-corrected chi connectivity index (χ2v) is 13.6. The first-order valence-corrected chi connectivity index (χ1v) is 20.1. The van der Waals surface area contributed by atoms with E-state index in [1.807, 2.05) is 0 Å². The van der Waals surface area contributed by atoms with Crippen LogP contribution in [-0.4, -0.2) is 65.7 Å². The van der Waals surface area contributed by atoms with Crippen molar-refractivity contribution < 1.29 is 47.8 Å². The Morgan fingerprint density at radius 1 is 0.571 bits per heavy atom. The summed E-state index contributed by atoms with van der Waals surface area (Å²) < 4.78 is 32.2. The minimum Gasteiger partial charge on any atom is -0.457 e. The molecule has 0 aromatic carbocycles. The van der Waals surface area contributed by atoms with Crippen LogP contribution < -0.4 is 0 Å². The third-order valence-corrected chi connectivity index (χ3v) is 8.51. The number of unbranched alkanes of at least 4 members (excludes halogenated alkanes) is 12. The van der Waals surface area contributed by atoms with Crippen LogP contribution in [0.25, 0.3) is 0 Å². The topological polar surface area (TPSA) is 149 Å². The first-order valence-electron chi connectivity index (χ1n) is 18.6. The van der Waals surface area contributed by atoms with Crippen LogP contribution in [0.3, 0.4) is 0 Å². The summed E-state index contributed by atoms with van der Waals surface area (Å²) in [7, 11) is -4.62. The van der Waals surface area contributed by atoms with Gasteiger partial charge >= 0.3 is 19.8 Å². The van der Waals surface area contributed by atoms with Gasteiger partial charge in [0.2, 0.25) is 0 Å². The molecule has 0 aliphatic carbocycles. The number of phosphoric acid groups is 1. The summed E-state index contributed by atoms with van der Waals surface area (Å²) in [5.41, 5.74) is 0. The Labute approximate surface area is 296 Å². The number of aliphatic hydroxyl groups is 2. The zero-order valence-corrected chi connectivity index (χ0v) is 31.3. The van der Waals surface area contributed by atoms with Crippen molar-refractivity contribution in [3.05, 3.63) is 48.6 Å². The fraction of sp³-hybridized carbons (Fsp3) is 0.737. The standard InChI is InChI=1S/C38H67O10P/c1-3-5-7-9-10-11-12-13-14-15-16-17-18-19-20-21-22-23-24-26-28-30-38(42)48-36(32-40)34-46-49(43,44)45-33-35(31-39)47-37(41)29-27-25-8-6-4-2/h5,7,10-11,13-14,16-17,35-36,39-40H,3-4,6,8-9,12,15,18-34H2,1-2H3,(H,43,44)/b7-5-,11-10-,14-13-,17-16-.